The third-order valence-electron chi connectivity index (χ3n) is 1.29. The zero-order valence-electron chi connectivity index (χ0n) is 4.82. The van der Waals surface area contributed by atoms with Gasteiger partial charge in [0, 0.05) is 11.5 Å². The van der Waals surface area contributed by atoms with Crippen molar-refractivity contribution in [1.29, 1.82) is 0 Å². The smallest absolute Gasteiger partial charge is 0.216 e. The molecule has 3 nitrogen and oxygen atoms in total. The van der Waals surface area contributed by atoms with Gasteiger partial charge in [-0.15, -0.1) is 0 Å². The highest BCUT2D eigenvalue weighted by molar-refractivity contribution is 8.00. The molecule has 0 spiro atoms. The van der Waals surface area contributed by atoms with Crippen LogP contribution in [-0.4, -0.2) is 35.3 Å². The lowest BCUT2D eigenvalue weighted by Gasteiger charge is -2.29. The van der Waals surface area contributed by atoms with E-state index in [1.165, 1.54) is 4.90 Å². The lowest BCUT2D eigenvalue weighted by molar-refractivity contribution is -0.131. The van der Waals surface area contributed by atoms with Crippen LogP contribution in [0.1, 0.15) is 0 Å². The van der Waals surface area contributed by atoms with Crippen LogP contribution in [0.3, 0.4) is 0 Å². The van der Waals surface area contributed by atoms with Gasteiger partial charge in [0.1, 0.15) is 0 Å². The van der Waals surface area contributed by atoms with Crippen LogP contribution >= 0.6 is 11.8 Å². The molecule has 1 aliphatic rings. The van der Waals surface area contributed by atoms with E-state index in [0.717, 1.165) is 11.5 Å². The van der Waals surface area contributed by atoms with E-state index in [1.807, 2.05) is 0 Å². The van der Waals surface area contributed by atoms with Crippen molar-refractivity contribution in [1.82, 2.24) is 4.90 Å². The van der Waals surface area contributed by atoms with E-state index >= 15 is 0 Å². The first kappa shape index (κ1) is 6.61. The average molecular weight is 145 g/mol. The summed E-state index contributed by atoms with van der Waals surface area (Å²) in [6, 6.07) is 0.171. The first-order valence-electron chi connectivity index (χ1n) is 2.64. The van der Waals surface area contributed by atoms with Crippen LogP contribution in [-0.2, 0) is 9.59 Å². The Hall–Kier alpha value is -0.510. The van der Waals surface area contributed by atoms with E-state index in [2.05, 4.69) is 0 Å². The van der Waals surface area contributed by atoms with Gasteiger partial charge in [0.25, 0.3) is 0 Å². The summed E-state index contributed by atoms with van der Waals surface area (Å²) >= 11 is 1.74. The van der Waals surface area contributed by atoms with Gasteiger partial charge in [0.15, 0.2) is 0 Å². The van der Waals surface area contributed by atoms with E-state index in [9.17, 15) is 9.59 Å². The molecule has 0 radical (unpaired) electrons. The second-order valence-corrected chi connectivity index (χ2v) is 2.92. The highest BCUT2D eigenvalue weighted by Crippen LogP contribution is 2.20. The van der Waals surface area contributed by atoms with Crippen molar-refractivity contribution < 1.29 is 9.59 Å². The SMILES string of the molecule is O=CN(C=O)C1CSC1. The first-order valence-corrected chi connectivity index (χ1v) is 3.79. The first-order chi connectivity index (χ1) is 4.38. The number of imide groups is 1. The van der Waals surface area contributed by atoms with E-state index < -0.39 is 0 Å². The van der Waals surface area contributed by atoms with E-state index in [-0.39, 0.29) is 6.04 Å². The number of carbonyl (C=O) groups is 2. The molecule has 50 valence electrons. The molecule has 1 fully saturated rings. The fourth-order valence-corrected chi connectivity index (χ4v) is 1.38. The van der Waals surface area contributed by atoms with Gasteiger partial charge in [-0.25, -0.2) is 0 Å². The topological polar surface area (TPSA) is 37.4 Å². The van der Waals surface area contributed by atoms with Crippen LogP contribution in [0.15, 0.2) is 0 Å². The Balaban J connectivity index is 2.35. The summed E-state index contributed by atoms with van der Waals surface area (Å²) in [5, 5.41) is 0. The van der Waals surface area contributed by atoms with Crippen molar-refractivity contribution in [3.05, 3.63) is 0 Å². The van der Waals surface area contributed by atoms with Crippen molar-refractivity contribution in [3.8, 4) is 0 Å². The molecule has 0 aromatic rings. The van der Waals surface area contributed by atoms with Gasteiger partial charge in [-0.05, 0) is 0 Å². The molecule has 0 aromatic carbocycles. The summed E-state index contributed by atoms with van der Waals surface area (Å²) in [6.07, 6.45) is 1.16. The third kappa shape index (κ3) is 1.24. The zero-order valence-corrected chi connectivity index (χ0v) is 5.63. The van der Waals surface area contributed by atoms with Gasteiger partial charge in [-0.1, -0.05) is 0 Å². The van der Waals surface area contributed by atoms with Crippen LogP contribution in [0.2, 0.25) is 0 Å². The van der Waals surface area contributed by atoms with Crippen molar-refractivity contribution in [3.63, 3.8) is 0 Å². The monoisotopic (exact) mass is 145 g/mol. The fraction of sp³-hybridized carbons (Fsp3) is 0.600. The van der Waals surface area contributed by atoms with Gasteiger partial charge in [-0.2, -0.15) is 11.8 Å². The molecule has 0 aliphatic carbocycles. The number of amides is 2. The number of rotatable bonds is 3. The van der Waals surface area contributed by atoms with E-state index in [4.69, 9.17) is 0 Å². The normalized spacial score (nSPS) is 18.2. The Kier molecular flexibility index (Phi) is 2.10. The maximum absolute atomic E-state index is 10.1. The number of thioether (sulfide) groups is 1. The number of hydrogen-bond donors (Lipinski definition) is 0. The second kappa shape index (κ2) is 2.87. The van der Waals surface area contributed by atoms with Gasteiger partial charge in [0.05, 0.1) is 6.04 Å². The molecule has 0 saturated carbocycles. The molecule has 1 saturated heterocycles. The summed E-state index contributed by atoms with van der Waals surface area (Å²) in [6.45, 7) is 0. The molecule has 9 heavy (non-hydrogen) atoms. The molecule has 0 unspecified atom stereocenters. The molecule has 0 atom stereocenters. The van der Waals surface area contributed by atoms with Gasteiger partial charge in [0.2, 0.25) is 12.8 Å². The molecule has 0 bridgehead atoms. The standard InChI is InChI=1S/C5H7NO2S/c7-3-6(4-8)5-1-9-2-5/h3-5H,1-2H2. The third-order valence-corrected chi connectivity index (χ3v) is 2.53. The van der Waals surface area contributed by atoms with Crippen LogP contribution < -0.4 is 0 Å². The highest BCUT2D eigenvalue weighted by Gasteiger charge is 2.23. The summed E-state index contributed by atoms with van der Waals surface area (Å²) in [5.74, 6) is 1.80. The van der Waals surface area contributed by atoms with Crippen molar-refractivity contribution >= 4 is 24.6 Å². The summed E-state index contributed by atoms with van der Waals surface area (Å²) in [7, 11) is 0. The molecule has 1 aliphatic heterocycles. The van der Waals surface area contributed by atoms with Gasteiger partial charge >= 0.3 is 0 Å². The van der Waals surface area contributed by atoms with Crippen LogP contribution in [0.5, 0.6) is 0 Å². The minimum Gasteiger partial charge on any atom is -0.283 e. The fourth-order valence-electron chi connectivity index (χ4n) is 0.592. The second-order valence-electron chi connectivity index (χ2n) is 1.85. The molecule has 2 amide bonds. The minimum absolute atomic E-state index is 0.171. The highest BCUT2D eigenvalue weighted by atomic mass is 32.2. The Morgan fingerprint density at radius 2 is 1.89 bits per heavy atom. The lowest BCUT2D eigenvalue weighted by atomic mass is 10.3. The van der Waals surface area contributed by atoms with Crippen LogP contribution in [0.25, 0.3) is 0 Å². The molecule has 0 N–H and O–H groups in total. The lowest BCUT2D eigenvalue weighted by Crippen LogP contribution is -2.42. The number of hydrogen-bond acceptors (Lipinski definition) is 3. The zero-order chi connectivity index (χ0) is 6.69. The maximum Gasteiger partial charge on any atom is 0.216 e. The van der Waals surface area contributed by atoms with Crippen LogP contribution in [0, 0.1) is 0 Å². The van der Waals surface area contributed by atoms with Crippen molar-refractivity contribution in [2.24, 2.45) is 0 Å². The average Bonchev–Trinajstić information content (AvgIpc) is 1.78. The van der Waals surface area contributed by atoms with Crippen LogP contribution in [0.4, 0.5) is 0 Å². The predicted octanol–water partition coefficient (Wildman–Crippen LogP) is -0.283. The Labute approximate surface area is 57.4 Å². The van der Waals surface area contributed by atoms with E-state index in [0.29, 0.717) is 12.8 Å². The molecule has 1 heterocycles. The summed E-state index contributed by atoms with van der Waals surface area (Å²) in [5.41, 5.74) is 0. The van der Waals surface area contributed by atoms with Crippen molar-refractivity contribution in [2.45, 2.75) is 6.04 Å². The minimum atomic E-state index is 0.171. The van der Waals surface area contributed by atoms with Crippen molar-refractivity contribution in [2.75, 3.05) is 11.5 Å². The Bertz CT molecular complexity index is 116. The largest absolute Gasteiger partial charge is 0.283 e. The Morgan fingerprint density at radius 1 is 1.33 bits per heavy atom. The molecular formula is C5H7NO2S. The Morgan fingerprint density at radius 3 is 2.00 bits per heavy atom. The number of carbonyl (C=O) groups excluding carboxylic acids is 2. The quantitative estimate of drug-likeness (QED) is 0.512. The van der Waals surface area contributed by atoms with Gasteiger partial charge < -0.3 is 0 Å². The summed E-state index contributed by atoms with van der Waals surface area (Å²) in [4.78, 5) is 21.3. The molecular weight excluding hydrogens is 138 g/mol. The molecule has 0 aromatic heterocycles. The molecule has 4 heteroatoms. The van der Waals surface area contributed by atoms with Gasteiger partial charge in [-0.3, -0.25) is 14.5 Å². The number of nitrogens with zero attached hydrogens (tertiary/aromatic N) is 1. The van der Waals surface area contributed by atoms with E-state index in [1.54, 1.807) is 11.8 Å². The predicted molar refractivity (Wildman–Crippen MR) is 35.1 cm³/mol. The molecule has 1 rings (SSSR count). The summed E-state index contributed by atoms with van der Waals surface area (Å²) < 4.78 is 0. The maximum atomic E-state index is 10.1.